The van der Waals surface area contributed by atoms with Crippen molar-refractivity contribution in [2.45, 2.75) is 13.3 Å². The van der Waals surface area contributed by atoms with Crippen LogP contribution in [0, 0.1) is 0 Å². The molecule has 0 aliphatic carbocycles. The lowest BCUT2D eigenvalue weighted by atomic mass is 10.1. The van der Waals surface area contributed by atoms with Crippen LogP contribution in [-0.2, 0) is 0 Å². The monoisotopic (exact) mass is 412 g/mol. The number of carbonyl (C=O) groups is 1. The first-order valence-electron chi connectivity index (χ1n) is 6.39. The molecule has 0 saturated carbocycles. The summed E-state index contributed by atoms with van der Waals surface area (Å²) < 4.78 is 12.6. The van der Waals surface area contributed by atoms with Crippen molar-refractivity contribution in [3.05, 3.63) is 50.9 Å². The van der Waals surface area contributed by atoms with Crippen molar-refractivity contribution in [1.29, 1.82) is 0 Å². The average molecular weight is 414 g/mol. The van der Waals surface area contributed by atoms with Crippen LogP contribution in [0.25, 0.3) is 0 Å². The van der Waals surface area contributed by atoms with Gasteiger partial charge in [-0.15, -0.1) is 0 Å². The van der Waals surface area contributed by atoms with Gasteiger partial charge in [0.15, 0.2) is 5.78 Å². The molecule has 0 saturated heterocycles. The van der Waals surface area contributed by atoms with Gasteiger partial charge in [-0.05, 0) is 56.1 Å². The maximum atomic E-state index is 11.7. The number of methoxy groups -OCH3 is 1. The normalized spacial score (nSPS) is 10.3. The summed E-state index contributed by atoms with van der Waals surface area (Å²) in [6.45, 7) is 1.84. The molecule has 110 valence electrons. The Bertz CT molecular complexity index is 669. The summed E-state index contributed by atoms with van der Waals surface area (Å²) >= 11 is 6.87. The minimum Gasteiger partial charge on any atom is -0.496 e. The third-order valence-electron chi connectivity index (χ3n) is 2.91. The Morgan fingerprint density at radius 3 is 2.43 bits per heavy atom. The van der Waals surface area contributed by atoms with E-state index in [4.69, 9.17) is 9.47 Å². The lowest BCUT2D eigenvalue weighted by Crippen LogP contribution is -1.96. The number of carbonyl (C=O) groups excluding carboxylic acids is 1. The van der Waals surface area contributed by atoms with E-state index in [2.05, 4.69) is 31.9 Å². The molecule has 0 N–H and O–H groups in total. The van der Waals surface area contributed by atoms with Crippen molar-refractivity contribution >= 4 is 37.6 Å². The molecule has 21 heavy (non-hydrogen) atoms. The van der Waals surface area contributed by atoms with Gasteiger partial charge in [-0.1, -0.05) is 19.1 Å². The van der Waals surface area contributed by atoms with Crippen LogP contribution in [0.1, 0.15) is 23.7 Å². The zero-order valence-electron chi connectivity index (χ0n) is 11.7. The van der Waals surface area contributed by atoms with Gasteiger partial charge >= 0.3 is 0 Å². The van der Waals surface area contributed by atoms with Crippen molar-refractivity contribution in [3.8, 4) is 17.2 Å². The molecule has 0 spiro atoms. The minimum atomic E-state index is 0.0930. The number of rotatable bonds is 5. The highest BCUT2D eigenvalue weighted by Crippen LogP contribution is 2.38. The molecule has 0 fully saturated rings. The SMILES string of the molecule is CCC(=O)c1cccc(Oc2cc(Br)c(OC)cc2Br)c1. The van der Waals surface area contributed by atoms with Crippen molar-refractivity contribution in [2.75, 3.05) is 7.11 Å². The Balaban J connectivity index is 2.30. The van der Waals surface area contributed by atoms with Crippen LogP contribution in [0.15, 0.2) is 45.3 Å². The zero-order valence-corrected chi connectivity index (χ0v) is 14.8. The van der Waals surface area contributed by atoms with Crippen molar-refractivity contribution in [2.24, 2.45) is 0 Å². The van der Waals surface area contributed by atoms with E-state index in [1.54, 1.807) is 19.2 Å². The van der Waals surface area contributed by atoms with Gasteiger partial charge in [0.05, 0.1) is 16.1 Å². The second kappa shape index (κ2) is 7.09. The zero-order chi connectivity index (χ0) is 15.4. The van der Waals surface area contributed by atoms with Crippen LogP contribution < -0.4 is 9.47 Å². The number of hydrogen-bond donors (Lipinski definition) is 0. The molecule has 2 aromatic rings. The smallest absolute Gasteiger partial charge is 0.162 e. The van der Waals surface area contributed by atoms with E-state index >= 15 is 0 Å². The number of halogens is 2. The van der Waals surface area contributed by atoms with E-state index in [9.17, 15) is 4.79 Å². The van der Waals surface area contributed by atoms with Gasteiger partial charge in [-0.2, -0.15) is 0 Å². The number of ether oxygens (including phenoxy) is 2. The van der Waals surface area contributed by atoms with Crippen LogP contribution in [-0.4, -0.2) is 12.9 Å². The molecule has 0 amide bonds. The molecule has 0 aliphatic rings. The van der Waals surface area contributed by atoms with Crippen LogP contribution in [0.4, 0.5) is 0 Å². The third kappa shape index (κ3) is 3.86. The standard InChI is InChI=1S/C16H14Br2O3/c1-3-14(19)10-5-4-6-11(7-10)21-16-9-12(17)15(20-2)8-13(16)18/h4-9H,3H2,1-2H3. The molecule has 2 rings (SSSR count). The second-order valence-electron chi connectivity index (χ2n) is 4.32. The maximum absolute atomic E-state index is 11.7. The van der Waals surface area contributed by atoms with Crippen LogP contribution >= 0.6 is 31.9 Å². The molecule has 0 atom stereocenters. The molecular weight excluding hydrogens is 400 g/mol. The molecule has 5 heteroatoms. The van der Waals surface area contributed by atoms with Crippen molar-refractivity contribution in [3.63, 3.8) is 0 Å². The van der Waals surface area contributed by atoms with E-state index in [0.717, 1.165) is 8.95 Å². The first kappa shape index (κ1) is 16.0. The molecule has 0 aliphatic heterocycles. The van der Waals surface area contributed by atoms with Gasteiger partial charge in [0.1, 0.15) is 17.2 Å². The first-order chi connectivity index (χ1) is 10.0. The first-order valence-corrected chi connectivity index (χ1v) is 7.98. The van der Waals surface area contributed by atoms with E-state index in [-0.39, 0.29) is 5.78 Å². The van der Waals surface area contributed by atoms with Gasteiger partial charge in [-0.3, -0.25) is 4.79 Å². The summed E-state index contributed by atoms with van der Waals surface area (Å²) in [5, 5.41) is 0. The molecule has 0 unspecified atom stereocenters. The topological polar surface area (TPSA) is 35.5 Å². The van der Waals surface area contributed by atoms with Crippen LogP contribution in [0.5, 0.6) is 17.2 Å². The highest BCUT2D eigenvalue weighted by Gasteiger charge is 2.10. The fraction of sp³-hybridized carbons (Fsp3) is 0.188. The van der Waals surface area contributed by atoms with Gasteiger partial charge in [0, 0.05) is 12.0 Å². The van der Waals surface area contributed by atoms with E-state index in [1.165, 1.54) is 0 Å². The average Bonchev–Trinajstić information content (AvgIpc) is 2.50. The van der Waals surface area contributed by atoms with Crippen molar-refractivity contribution in [1.82, 2.24) is 0 Å². The predicted octanol–water partition coefficient (Wildman–Crippen LogP) is 5.61. The summed E-state index contributed by atoms with van der Waals surface area (Å²) in [6, 6.07) is 10.8. The summed E-state index contributed by atoms with van der Waals surface area (Å²) in [5.74, 6) is 2.07. The van der Waals surface area contributed by atoms with E-state index in [0.29, 0.717) is 29.2 Å². The quantitative estimate of drug-likeness (QED) is 0.598. The Labute approximate surface area is 140 Å². The van der Waals surface area contributed by atoms with Gasteiger partial charge in [-0.25, -0.2) is 0 Å². The largest absolute Gasteiger partial charge is 0.496 e. The molecule has 2 aromatic carbocycles. The molecule has 3 nitrogen and oxygen atoms in total. The minimum absolute atomic E-state index is 0.0930. The van der Waals surface area contributed by atoms with Crippen LogP contribution in [0.2, 0.25) is 0 Å². The number of hydrogen-bond acceptors (Lipinski definition) is 3. The molecular formula is C16H14Br2O3. The molecule has 0 radical (unpaired) electrons. The number of benzene rings is 2. The fourth-order valence-corrected chi connectivity index (χ4v) is 2.70. The Morgan fingerprint density at radius 2 is 1.76 bits per heavy atom. The number of ketones is 1. The Hall–Kier alpha value is -1.33. The molecule has 0 heterocycles. The summed E-state index contributed by atoms with van der Waals surface area (Å²) in [6.07, 6.45) is 0.473. The van der Waals surface area contributed by atoms with Crippen molar-refractivity contribution < 1.29 is 14.3 Å². The second-order valence-corrected chi connectivity index (χ2v) is 6.03. The molecule has 0 aromatic heterocycles. The Morgan fingerprint density at radius 1 is 1.10 bits per heavy atom. The Kier molecular flexibility index (Phi) is 5.42. The maximum Gasteiger partial charge on any atom is 0.162 e. The molecule has 0 bridgehead atoms. The lowest BCUT2D eigenvalue weighted by molar-refractivity contribution is 0.0988. The fourth-order valence-electron chi connectivity index (χ4n) is 1.81. The van der Waals surface area contributed by atoms with Gasteiger partial charge in [0.2, 0.25) is 0 Å². The highest BCUT2D eigenvalue weighted by molar-refractivity contribution is 9.11. The number of Topliss-reactive ketones (excluding diaryl/α,β-unsaturated/α-hetero) is 1. The highest BCUT2D eigenvalue weighted by atomic mass is 79.9. The predicted molar refractivity (Wildman–Crippen MR) is 89.5 cm³/mol. The van der Waals surface area contributed by atoms with Crippen LogP contribution in [0.3, 0.4) is 0 Å². The van der Waals surface area contributed by atoms with E-state index < -0.39 is 0 Å². The van der Waals surface area contributed by atoms with E-state index in [1.807, 2.05) is 31.2 Å². The summed E-state index contributed by atoms with van der Waals surface area (Å²) in [7, 11) is 1.60. The summed E-state index contributed by atoms with van der Waals surface area (Å²) in [5.41, 5.74) is 0.652. The third-order valence-corrected chi connectivity index (χ3v) is 4.15. The summed E-state index contributed by atoms with van der Waals surface area (Å²) in [4.78, 5) is 11.7. The van der Waals surface area contributed by atoms with Gasteiger partial charge < -0.3 is 9.47 Å². The van der Waals surface area contributed by atoms with Gasteiger partial charge in [0.25, 0.3) is 0 Å². The lowest BCUT2D eigenvalue weighted by Gasteiger charge is -2.11.